The van der Waals surface area contributed by atoms with Gasteiger partial charge in [0.05, 0.1) is 32.2 Å². The van der Waals surface area contributed by atoms with E-state index >= 15 is 0 Å². The van der Waals surface area contributed by atoms with Crippen molar-refractivity contribution in [3.05, 3.63) is 111 Å². The standard InChI is InChI=1S/C24H25N3O3S2.C16H18O2S/c1-14(26-27-23(31)25-18-11-7-16(8-12-18)22(29)30)19-13-32-21(20(19)28)15-5-9-17(10-6-15)24(2,3)4;1-10(17)13-9-19-15(14(13)18)11-5-7-12(8-6-11)16(2,3)4/h5-13,28H,1-4H3,(H,29,30)(H2,25,27,31);5-9,18H,1-4H3. The molecule has 3 aromatic carbocycles. The second kappa shape index (κ2) is 16.0. The molecule has 0 radical (unpaired) electrons. The molecule has 0 aliphatic heterocycles. The Hall–Kier alpha value is -4.84. The first-order valence-electron chi connectivity index (χ1n) is 16.2. The van der Waals surface area contributed by atoms with Crippen LogP contribution in [0.15, 0.2) is 88.7 Å². The third-order valence-electron chi connectivity index (χ3n) is 8.04. The van der Waals surface area contributed by atoms with Gasteiger partial charge in [-0.1, -0.05) is 90.1 Å². The van der Waals surface area contributed by atoms with Gasteiger partial charge >= 0.3 is 5.97 Å². The lowest BCUT2D eigenvalue weighted by Gasteiger charge is -2.19. The zero-order valence-electron chi connectivity index (χ0n) is 29.9. The molecule has 266 valence electrons. The molecule has 8 nitrogen and oxygen atoms in total. The summed E-state index contributed by atoms with van der Waals surface area (Å²) in [7, 11) is 0. The van der Waals surface area contributed by atoms with Gasteiger partial charge in [-0.25, -0.2) is 4.79 Å². The Bertz CT molecular complexity index is 2050. The number of hydrogen-bond donors (Lipinski definition) is 5. The van der Waals surface area contributed by atoms with Crippen molar-refractivity contribution >= 4 is 63.2 Å². The second-order valence-electron chi connectivity index (χ2n) is 14.0. The maximum Gasteiger partial charge on any atom is 0.335 e. The normalized spacial score (nSPS) is 11.7. The second-order valence-corrected chi connectivity index (χ2v) is 16.2. The van der Waals surface area contributed by atoms with Gasteiger partial charge in [0.25, 0.3) is 0 Å². The molecule has 5 N–H and O–H groups in total. The van der Waals surface area contributed by atoms with Gasteiger partial charge in [-0.3, -0.25) is 10.2 Å². The number of benzene rings is 3. The van der Waals surface area contributed by atoms with Crippen molar-refractivity contribution in [2.75, 3.05) is 5.32 Å². The van der Waals surface area contributed by atoms with E-state index in [1.807, 2.05) is 29.6 Å². The number of aromatic hydroxyl groups is 2. The number of ketones is 1. The van der Waals surface area contributed by atoms with E-state index in [0.29, 0.717) is 22.5 Å². The van der Waals surface area contributed by atoms with Gasteiger partial charge in [-0.15, -0.1) is 22.7 Å². The monoisotopic (exact) mass is 741 g/mol. The number of carboxylic acids is 1. The van der Waals surface area contributed by atoms with Crippen LogP contribution in [0, 0.1) is 0 Å². The first kappa shape index (κ1) is 39.0. The van der Waals surface area contributed by atoms with Gasteiger partial charge in [-0.2, -0.15) is 5.10 Å². The van der Waals surface area contributed by atoms with Gasteiger partial charge in [0.1, 0.15) is 11.5 Å². The molecule has 2 heterocycles. The Kier molecular flexibility index (Phi) is 12.2. The summed E-state index contributed by atoms with van der Waals surface area (Å²) in [6.45, 7) is 16.2. The van der Waals surface area contributed by atoms with Gasteiger partial charge in [0.2, 0.25) is 0 Å². The fourth-order valence-corrected chi connectivity index (χ4v) is 7.09. The van der Waals surface area contributed by atoms with E-state index < -0.39 is 5.97 Å². The maximum absolute atomic E-state index is 11.3. The van der Waals surface area contributed by atoms with E-state index in [-0.39, 0.29) is 38.8 Å². The summed E-state index contributed by atoms with van der Waals surface area (Å²) in [5.41, 5.74) is 9.77. The summed E-state index contributed by atoms with van der Waals surface area (Å²) in [5, 5.41) is 40.8. The molecule has 0 amide bonds. The van der Waals surface area contributed by atoms with Crippen molar-refractivity contribution < 1.29 is 24.9 Å². The number of nitrogens with zero attached hydrogens (tertiary/aromatic N) is 1. The number of rotatable bonds is 7. The third kappa shape index (κ3) is 9.90. The highest BCUT2D eigenvalue weighted by molar-refractivity contribution is 7.80. The van der Waals surface area contributed by atoms with E-state index in [1.54, 1.807) is 24.4 Å². The number of Topliss-reactive ketones (excluding diaryl/α,β-unsaturated/α-hetero) is 1. The van der Waals surface area contributed by atoms with Crippen LogP contribution in [-0.4, -0.2) is 37.9 Å². The van der Waals surface area contributed by atoms with Crippen LogP contribution in [0.1, 0.15) is 92.8 Å². The van der Waals surface area contributed by atoms with Gasteiger partial charge in [0.15, 0.2) is 10.9 Å². The fourth-order valence-electron chi connectivity index (χ4n) is 4.91. The van der Waals surface area contributed by atoms with Crippen molar-refractivity contribution in [1.29, 1.82) is 0 Å². The number of carbonyl (C=O) groups excluding carboxylic acids is 1. The molecule has 5 rings (SSSR count). The molecule has 0 spiro atoms. The molecule has 0 fully saturated rings. The zero-order chi connectivity index (χ0) is 37.7. The molecule has 0 saturated carbocycles. The van der Waals surface area contributed by atoms with E-state index in [4.69, 9.17) is 17.3 Å². The minimum absolute atomic E-state index is 0.0703. The summed E-state index contributed by atoms with van der Waals surface area (Å²) < 4.78 is 0. The van der Waals surface area contributed by atoms with Crippen LogP contribution in [-0.2, 0) is 10.8 Å². The predicted octanol–water partition coefficient (Wildman–Crippen LogP) is 10.4. The molecular weight excluding hydrogens is 699 g/mol. The summed E-state index contributed by atoms with van der Waals surface area (Å²) in [5.74, 6) is -0.811. The number of thiocarbonyl (C=S) groups is 1. The molecule has 0 unspecified atom stereocenters. The average Bonchev–Trinajstić information content (AvgIpc) is 3.66. The smallest absolute Gasteiger partial charge is 0.335 e. The van der Waals surface area contributed by atoms with Crippen LogP contribution < -0.4 is 10.7 Å². The predicted molar refractivity (Wildman–Crippen MR) is 215 cm³/mol. The van der Waals surface area contributed by atoms with Crippen molar-refractivity contribution in [3.8, 4) is 32.4 Å². The van der Waals surface area contributed by atoms with Crippen molar-refractivity contribution in [2.24, 2.45) is 5.10 Å². The minimum Gasteiger partial charge on any atom is -0.506 e. The lowest BCUT2D eigenvalue weighted by molar-refractivity contribution is 0.0696. The minimum atomic E-state index is -0.988. The van der Waals surface area contributed by atoms with Crippen LogP contribution in [0.3, 0.4) is 0 Å². The summed E-state index contributed by atoms with van der Waals surface area (Å²) in [6.07, 6.45) is 0. The molecule has 0 atom stereocenters. The van der Waals surface area contributed by atoms with Gasteiger partial charge in [-0.05, 0) is 83.4 Å². The SMILES string of the molecule is CC(=NNC(=S)Nc1ccc(C(=O)O)cc1)c1csc(-c2ccc(C(C)(C)C)cc2)c1O.CC(=O)c1csc(-c2ccc(C(C)(C)C)cc2)c1O. The number of thiophene rings is 2. The third-order valence-corrected chi connectivity index (χ3v) is 10.3. The quantitative estimate of drug-likeness (QED) is 0.0482. The highest BCUT2D eigenvalue weighted by atomic mass is 32.1. The Morgan fingerprint density at radius 3 is 1.51 bits per heavy atom. The average molecular weight is 742 g/mol. The summed E-state index contributed by atoms with van der Waals surface area (Å²) in [4.78, 5) is 23.8. The van der Waals surface area contributed by atoms with E-state index in [1.165, 1.54) is 52.9 Å². The highest BCUT2D eigenvalue weighted by Gasteiger charge is 2.19. The van der Waals surface area contributed by atoms with Crippen LogP contribution in [0.2, 0.25) is 0 Å². The lowest BCUT2D eigenvalue weighted by atomic mass is 9.86. The van der Waals surface area contributed by atoms with Crippen molar-refractivity contribution in [2.45, 2.75) is 66.2 Å². The lowest BCUT2D eigenvalue weighted by Crippen LogP contribution is -2.24. The summed E-state index contributed by atoms with van der Waals surface area (Å²) >= 11 is 8.10. The largest absolute Gasteiger partial charge is 0.506 e. The number of aromatic carboxylic acids is 1. The Morgan fingerprint density at radius 1 is 0.686 bits per heavy atom. The van der Waals surface area contributed by atoms with Crippen molar-refractivity contribution in [1.82, 2.24) is 5.43 Å². The molecule has 0 bridgehead atoms. The maximum atomic E-state index is 11.3. The zero-order valence-corrected chi connectivity index (χ0v) is 32.4. The molecule has 0 aliphatic carbocycles. The van der Waals surface area contributed by atoms with Gasteiger partial charge in [0, 0.05) is 16.4 Å². The Labute approximate surface area is 312 Å². The number of hydrogen-bond acceptors (Lipinski definition) is 8. The molecule has 11 heteroatoms. The highest BCUT2D eigenvalue weighted by Crippen LogP contribution is 2.40. The topological polar surface area (TPSA) is 131 Å². The molecule has 2 aromatic heterocycles. The first-order valence-corrected chi connectivity index (χ1v) is 18.3. The summed E-state index contributed by atoms with van der Waals surface area (Å²) in [6, 6.07) is 22.6. The number of hydrazone groups is 1. The van der Waals surface area contributed by atoms with E-state index in [2.05, 4.69) is 81.7 Å². The number of anilines is 1. The fraction of sp³-hybridized carbons (Fsp3) is 0.250. The molecular formula is C40H43N3O5S3. The first-order chi connectivity index (χ1) is 23.9. The number of carbonyl (C=O) groups is 2. The number of carboxylic acid groups (broad SMARTS) is 1. The van der Waals surface area contributed by atoms with Crippen LogP contribution >= 0.6 is 34.9 Å². The molecule has 0 saturated heterocycles. The van der Waals surface area contributed by atoms with Crippen LogP contribution in [0.25, 0.3) is 20.9 Å². The molecule has 0 aliphatic rings. The Balaban J connectivity index is 0.000000261. The van der Waals surface area contributed by atoms with E-state index in [9.17, 15) is 19.8 Å². The Morgan fingerprint density at radius 2 is 1.12 bits per heavy atom. The molecule has 51 heavy (non-hydrogen) atoms. The van der Waals surface area contributed by atoms with Crippen LogP contribution in [0.5, 0.6) is 11.5 Å². The van der Waals surface area contributed by atoms with Crippen LogP contribution in [0.4, 0.5) is 5.69 Å². The van der Waals surface area contributed by atoms with Crippen molar-refractivity contribution in [3.63, 3.8) is 0 Å². The van der Waals surface area contributed by atoms with Gasteiger partial charge < -0.3 is 20.6 Å². The van der Waals surface area contributed by atoms with E-state index in [0.717, 1.165) is 20.9 Å². The number of nitrogens with one attached hydrogen (secondary N) is 2. The molecule has 5 aromatic rings.